The maximum Gasteiger partial charge on any atom is 0.322 e. The van der Waals surface area contributed by atoms with Gasteiger partial charge in [0.2, 0.25) is 0 Å². The maximum absolute atomic E-state index is 12.2. The standard InChI is InChI=1S/C19H22N2O3/c1-13-7-8-15(9-14(13)2)20-19(22)21-11-18(12-21)24-17-6-4-5-16(10-17)23-3/h4-10,18H,11-12H2,1-3H3,(H,20,22). The number of methoxy groups -OCH3 is 1. The third-order valence-electron chi connectivity index (χ3n) is 4.24. The van der Waals surface area contributed by atoms with Gasteiger partial charge in [-0.1, -0.05) is 12.1 Å². The molecule has 126 valence electrons. The number of carbonyl (C=O) groups excluding carboxylic acids is 1. The van der Waals surface area contributed by atoms with Gasteiger partial charge in [0.05, 0.1) is 20.2 Å². The molecule has 0 aliphatic carbocycles. The molecule has 1 N–H and O–H groups in total. The Balaban J connectivity index is 1.50. The average Bonchev–Trinajstić information content (AvgIpc) is 2.54. The molecule has 3 rings (SSSR count). The molecule has 0 unspecified atom stereocenters. The van der Waals surface area contributed by atoms with Crippen molar-refractivity contribution in [2.24, 2.45) is 0 Å². The lowest BCUT2D eigenvalue weighted by Crippen LogP contribution is -2.57. The van der Waals surface area contributed by atoms with E-state index in [1.165, 1.54) is 5.56 Å². The number of likely N-dealkylation sites (tertiary alicyclic amines) is 1. The lowest BCUT2D eigenvalue weighted by Gasteiger charge is -2.38. The number of urea groups is 1. The summed E-state index contributed by atoms with van der Waals surface area (Å²) >= 11 is 0. The van der Waals surface area contributed by atoms with Gasteiger partial charge in [-0.25, -0.2) is 4.79 Å². The molecule has 1 fully saturated rings. The van der Waals surface area contributed by atoms with Crippen LogP contribution in [0.1, 0.15) is 11.1 Å². The highest BCUT2D eigenvalue weighted by molar-refractivity contribution is 5.90. The van der Waals surface area contributed by atoms with Gasteiger partial charge in [0.25, 0.3) is 0 Å². The second-order valence-corrected chi connectivity index (χ2v) is 6.05. The number of hydrogen-bond donors (Lipinski definition) is 1. The Labute approximate surface area is 142 Å². The number of rotatable bonds is 4. The lowest BCUT2D eigenvalue weighted by atomic mass is 10.1. The number of aryl methyl sites for hydroxylation is 2. The Bertz CT molecular complexity index is 739. The van der Waals surface area contributed by atoms with E-state index in [4.69, 9.17) is 9.47 Å². The highest BCUT2D eigenvalue weighted by atomic mass is 16.5. The molecule has 1 heterocycles. The molecule has 2 aromatic rings. The third-order valence-corrected chi connectivity index (χ3v) is 4.24. The van der Waals surface area contributed by atoms with Crippen molar-refractivity contribution in [3.8, 4) is 11.5 Å². The Kier molecular flexibility index (Phi) is 4.60. The number of hydrogen-bond acceptors (Lipinski definition) is 3. The van der Waals surface area contributed by atoms with E-state index in [1.54, 1.807) is 12.0 Å². The van der Waals surface area contributed by atoms with Crippen molar-refractivity contribution in [1.29, 1.82) is 0 Å². The molecule has 2 aromatic carbocycles. The molecule has 0 radical (unpaired) electrons. The van der Waals surface area contributed by atoms with Gasteiger partial charge in [0, 0.05) is 11.8 Å². The van der Waals surface area contributed by atoms with Crippen molar-refractivity contribution in [3.05, 3.63) is 53.6 Å². The predicted octanol–water partition coefficient (Wildman–Crippen LogP) is 3.61. The van der Waals surface area contributed by atoms with Gasteiger partial charge in [0.15, 0.2) is 0 Å². The molecule has 24 heavy (non-hydrogen) atoms. The van der Waals surface area contributed by atoms with E-state index < -0.39 is 0 Å². The second-order valence-electron chi connectivity index (χ2n) is 6.05. The van der Waals surface area contributed by atoms with E-state index in [0.29, 0.717) is 13.1 Å². The average molecular weight is 326 g/mol. The zero-order valence-corrected chi connectivity index (χ0v) is 14.2. The molecule has 0 saturated carbocycles. The first-order valence-corrected chi connectivity index (χ1v) is 7.99. The van der Waals surface area contributed by atoms with Crippen molar-refractivity contribution in [2.45, 2.75) is 20.0 Å². The van der Waals surface area contributed by atoms with Crippen LogP contribution in [0.5, 0.6) is 11.5 Å². The molecule has 2 amide bonds. The van der Waals surface area contributed by atoms with Gasteiger partial charge in [-0.05, 0) is 49.2 Å². The van der Waals surface area contributed by atoms with Crippen LogP contribution in [0.4, 0.5) is 10.5 Å². The van der Waals surface area contributed by atoms with Crippen LogP contribution in [0.25, 0.3) is 0 Å². The Morgan fingerprint density at radius 2 is 1.83 bits per heavy atom. The summed E-state index contributed by atoms with van der Waals surface area (Å²) in [6.07, 6.45) is 0.0163. The fourth-order valence-electron chi connectivity index (χ4n) is 2.57. The molecule has 0 atom stereocenters. The monoisotopic (exact) mass is 326 g/mol. The first kappa shape index (κ1) is 16.2. The molecule has 1 saturated heterocycles. The Morgan fingerprint density at radius 1 is 1.08 bits per heavy atom. The van der Waals surface area contributed by atoms with Crippen molar-refractivity contribution in [2.75, 3.05) is 25.5 Å². The van der Waals surface area contributed by atoms with Gasteiger partial charge >= 0.3 is 6.03 Å². The van der Waals surface area contributed by atoms with Crippen molar-refractivity contribution in [1.82, 2.24) is 4.90 Å². The van der Waals surface area contributed by atoms with Crippen LogP contribution in [0.15, 0.2) is 42.5 Å². The molecule has 1 aliphatic rings. The van der Waals surface area contributed by atoms with Crippen LogP contribution in [0, 0.1) is 13.8 Å². The normalized spacial score (nSPS) is 14.0. The van der Waals surface area contributed by atoms with Crippen LogP contribution in [0.3, 0.4) is 0 Å². The Hall–Kier alpha value is -2.69. The molecular weight excluding hydrogens is 304 g/mol. The Morgan fingerprint density at radius 3 is 2.54 bits per heavy atom. The van der Waals surface area contributed by atoms with Gasteiger partial charge in [-0.3, -0.25) is 0 Å². The minimum absolute atomic E-state index is 0.0163. The van der Waals surface area contributed by atoms with Crippen LogP contribution in [-0.2, 0) is 0 Å². The van der Waals surface area contributed by atoms with Gasteiger partial charge < -0.3 is 19.7 Å². The van der Waals surface area contributed by atoms with Crippen molar-refractivity contribution >= 4 is 11.7 Å². The van der Waals surface area contributed by atoms with Gasteiger partial charge in [0.1, 0.15) is 17.6 Å². The number of nitrogens with one attached hydrogen (secondary N) is 1. The van der Waals surface area contributed by atoms with Crippen LogP contribution in [0.2, 0.25) is 0 Å². The van der Waals surface area contributed by atoms with Crippen molar-refractivity contribution in [3.63, 3.8) is 0 Å². The summed E-state index contributed by atoms with van der Waals surface area (Å²) in [7, 11) is 1.63. The number of amides is 2. The molecule has 1 aliphatic heterocycles. The van der Waals surface area contributed by atoms with Crippen molar-refractivity contribution < 1.29 is 14.3 Å². The third kappa shape index (κ3) is 3.62. The topological polar surface area (TPSA) is 50.8 Å². The van der Waals surface area contributed by atoms with Crippen LogP contribution < -0.4 is 14.8 Å². The number of benzene rings is 2. The van der Waals surface area contributed by atoms with E-state index in [2.05, 4.69) is 12.2 Å². The maximum atomic E-state index is 12.2. The quantitative estimate of drug-likeness (QED) is 0.934. The molecule has 5 heteroatoms. The summed E-state index contributed by atoms with van der Waals surface area (Å²) in [5.41, 5.74) is 3.19. The van der Waals surface area contributed by atoms with Gasteiger partial charge in [-0.15, -0.1) is 0 Å². The molecule has 0 aromatic heterocycles. The number of carbonyl (C=O) groups is 1. The highest BCUT2D eigenvalue weighted by Gasteiger charge is 2.32. The molecule has 0 spiro atoms. The lowest BCUT2D eigenvalue weighted by molar-refractivity contribution is 0.0491. The number of anilines is 1. The first-order valence-electron chi connectivity index (χ1n) is 7.99. The molecule has 0 bridgehead atoms. The number of nitrogens with zero attached hydrogens (tertiary/aromatic N) is 1. The van der Waals surface area contributed by atoms with E-state index in [0.717, 1.165) is 22.7 Å². The fourth-order valence-corrected chi connectivity index (χ4v) is 2.57. The summed E-state index contributed by atoms with van der Waals surface area (Å²) in [5, 5.41) is 2.93. The zero-order valence-electron chi connectivity index (χ0n) is 14.2. The van der Waals surface area contributed by atoms with E-state index in [-0.39, 0.29) is 12.1 Å². The highest BCUT2D eigenvalue weighted by Crippen LogP contribution is 2.23. The SMILES string of the molecule is COc1cccc(OC2CN(C(=O)Nc3ccc(C)c(C)c3)C2)c1. The van der Waals surface area contributed by atoms with Crippen LogP contribution >= 0.6 is 0 Å². The summed E-state index contributed by atoms with van der Waals surface area (Å²) in [5.74, 6) is 1.52. The van der Waals surface area contributed by atoms with E-state index in [9.17, 15) is 4.79 Å². The minimum Gasteiger partial charge on any atom is -0.497 e. The first-order chi connectivity index (χ1) is 11.5. The second kappa shape index (κ2) is 6.83. The van der Waals surface area contributed by atoms with E-state index in [1.807, 2.05) is 49.4 Å². The summed E-state index contributed by atoms with van der Waals surface area (Å²) < 4.78 is 11.0. The predicted molar refractivity (Wildman–Crippen MR) is 93.9 cm³/mol. The largest absolute Gasteiger partial charge is 0.497 e. The fraction of sp³-hybridized carbons (Fsp3) is 0.316. The number of ether oxygens (including phenoxy) is 2. The van der Waals surface area contributed by atoms with Crippen LogP contribution in [-0.4, -0.2) is 37.2 Å². The van der Waals surface area contributed by atoms with Gasteiger partial charge in [-0.2, -0.15) is 0 Å². The molecule has 5 nitrogen and oxygen atoms in total. The zero-order chi connectivity index (χ0) is 17.1. The summed E-state index contributed by atoms with van der Waals surface area (Å²) in [4.78, 5) is 14.0. The summed E-state index contributed by atoms with van der Waals surface area (Å²) in [6.45, 7) is 5.24. The summed E-state index contributed by atoms with van der Waals surface area (Å²) in [6, 6.07) is 13.3. The molecular formula is C19H22N2O3. The smallest absolute Gasteiger partial charge is 0.322 e. The minimum atomic E-state index is -0.0938. The van der Waals surface area contributed by atoms with E-state index >= 15 is 0 Å².